The molecule has 1 atom stereocenters. The number of likely N-dealkylation sites (tertiary alicyclic amines) is 1. The van der Waals surface area contributed by atoms with E-state index in [9.17, 15) is 4.79 Å². The Morgan fingerprint density at radius 2 is 1.78 bits per heavy atom. The monoisotopic (exact) mass is 361 g/mol. The number of hydrogen-bond acceptors (Lipinski definition) is 3. The van der Waals surface area contributed by atoms with Gasteiger partial charge in [0.1, 0.15) is 0 Å². The van der Waals surface area contributed by atoms with Crippen molar-refractivity contribution < 1.29 is 4.79 Å². The molecule has 23 heavy (non-hydrogen) atoms. The molecule has 0 aromatic heterocycles. The van der Waals surface area contributed by atoms with Crippen LogP contribution in [-0.4, -0.2) is 36.0 Å². The van der Waals surface area contributed by atoms with Crippen LogP contribution in [0.15, 0.2) is 30.3 Å². The van der Waals surface area contributed by atoms with E-state index in [4.69, 9.17) is 5.73 Å². The van der Waals surface area contributed by atoms with E-state index in [1.165, 1.54) is 5.56 Å². The zero-order valence-corrected chi connectivity index (χ0v) is 15.5. The van der Waals surface area contributed by atoms with Crippen molar-refractivity contribution in [1.29, 1.82) is 0 Å². The molecule has 0 spiro atoms. The van der Waals surface area contributed by atoms with E-state index in [1.807, 2.05) is 19.9 Å². The van der Waals surface area contributed by atoms with Crippen LogP contribution < -0.4 is 11.1 Å². The van der Waals surface area contributed by atoms with E-state index >= 15 is 0 Å². The lowest BCUT2D eigenvalue weighted by Crippen LogP contribution is -2.51. The molecule has 1 aliphatic heterocycles. The average molecular weight is 362 g/mol. The summed E-state index contributed by atoms with van der Waals surface area (Å²) in [5, 5.41) is 3.09. The van der Waals surface area contributed by atoms with Gasteiger partial charge in [0.25, 0.3) is 0 Å². The molecular weight excluding hydrogens is 333 g/mol. The van der Waals surface area contributed by atoms with E-state index in [2.05, 4.69) is 34.5 Å². The van der Waals surface area contributed by atoms with Crippen LogP contribution in [0.4, 0.5) is 0 Å². The van der Waals surface area contributed by atoms with Gasteiger partial charge in [-0.25, -0.2) is 0 Å². The van der Waals surface area contributed by atoms with Crippen LogP contribution in [0.1, 0.15) is 32.3 Å². The first kappa shape index (κ1) is 22.2. The molecule has 1 unspecified atom stereocenters. The molecule has 3 N–H and O–H groups in total. The Balaban J connectivity index is 0.00000242. The third-order valence-corrected chi connectivity index (χ3v) is 4.20. The molecule has 132 valence electrons. The molecule has 0 saturated carbocycles. The molecule has 0 radical (unpaired) electrons. The van der Waals surface area contributed by atoms with Gasteiger partial charge in [-0.15, -0.1) is 24.8 Å². The highest BCUT2D eigenvalue weighted by molar-refractivity contribution is 5.85. The zero-order chi connectivity index (χ0) is 15.2. The number of nitrogens with two attached hydrogens (primary N) is 1. The highest BCUT2D eigenvalue weighted by Crippen LogP contribution is 2.14. The number of hydrogen-bond donors (Lipinski definition) is 2. The normalized spacial score (nSPS) is 17.0. The fourth-order valence-electron chi connectivity index (χ4n) is 2.68. The second-order valence-corrected chi connectivity index (χ2v) is 6.31. The van der Waals surface area contributed by atoms with Crippen LogP contribution in [-0.2, 0) is 11.3 Å². The number of benzene rings is 1. The smallest absolute Gasteiger partial charge is 0.237 e. The molecule has 1 fully saturated rings. The summed E-state index contributed by atoms with van der Waals surface area (Å²) in [6.07, 6.45) is 2.01. The predicted molar refractivity (Wildman–Crippen MR) is 100 cm³/mol. The van der Waals surface area contributed by atoms with Crippen LogP contribution in [0.25, 0.3) is 0 Å². The third-order valence-electron chi connectivity index (χ3n) is 4.20. The first-order valence-electron chi connectivity index (χ1n) is 7.88. The molecular formula is C17H29Cl2N3O. The summed E-state index contributed by atoms with van der Waals surface area (Å²) in [6.45, 7) is 7.00. The molecule has 1 amide bonds. The minimum Gasteiger partial charge on any atom is -0.352 e. The van der Waals surface area contributed by atoms with E-state index < -0.39 is 6.04 Å². The number of halogens is 2. The maximum Gasteiger partial charge on any atom is 0.237 e. The molecule has 1 aromatic carbocycles. The standard InChI is InChI=1S/C17H27N3O.2ClH/c1-13(2)16(18)17(21)19-15-8-10-20(11-9-15)12-14-6-4-3-5-7-14;;/h3-7,13,15-16H,8-12,18H2,1-2H3,(H,19,21);2*1H. The quantitative estimate of drug-likeness (QED) is 0.847. The van der Waals surface area contributed by atoms with Crippen LogP contribution >= 0.6 is 24.8 Å². The Hall–Kier alpha value is -0.810. The molecule has 1 saturated heterocycles. The highest BCUT2D eigenvalue weighted by atomic mass is 35.5. The Labute approximate surface area is 152 Å². The van der Waals surface area contributed by atoms with Crippen molar-refractivity contribution in [2.45, 2.75) is 45.3 Å². The lowest BCUT2D eigenvalue weighted by molar-refractivity contribution is -0.124. The summed E-state index contributed by atoms with van der Waals surface area (Å²) in [5.74, 6) is 0.176. The van der Waals surface area contributed by atoms with Gasteiger partial charge in [0.05, 0.1) is 6.04 Å². The topological polar surface area (TPSA) is 58.4 Å². The van der Waals surface area contributed by atoms with Crippen molar-refractivity contribution in [2.75, 3.05) is 13.1 Å². The predicted octanol–water partition coefficient (Wildman–Crippen LogP) is 2.59. The second kappa shape index (κ2) is 10.9. The molecule has 1 aliphatic rings. The summed E-state index contributed by atoms with van der Waals surface area (Å²) in [4.78, 5) is 14.4. The van der Waals surface area contributed by atoms with Gasteiger partial charge in [0.15, 0.2) is 0 Å². The summed E-state index contributed by atoms with van der Waals surface area (Å²) in [6, 6.07) is 10.4. The summed E-state index contributed by atoms with van der Waals surface area (Å²) in [5.41, 5.74) is 7.23. The number of carbonyl (C=O) groups is 1. The van der Waals surface area contributed by atoms with Gasteiger partial charge in [-0.05, 0) is 24.3 Å². The lowest BCUT2D eigenvalue weighted by Gasteiger charge is -2.33. The third kappa shape index (κ3) is 7.08. The van der Waals surface area contributed by atoms with Crippen molar-refractivity contribution in [3.05, 3.63) is 35.9 Å². The summed E-state index contributed by atoms with van der Waals surface area (Å²) in [7, 11) is 0. The van der Waals surface area contributed by atoms with Crippen LogP contribution in [0.5, 0.6) is 0 Å². The van der Waals surface area contributed by atoms with Crippen molar-refractivity contribution in [1.82, 2.24) is 10.2 Å². The van der Waals surface area contributed by atoms with Gasteiger partial charge in [0.2, 0.25) is 5.91 Å². The van der Waals surface area contributed by atoms with Crippen molar-refractivity contribution >= 4 is 30.7 Å². The van der Waals surface area contributed by atoms with Crippen molar-refractivity contribution in [2.24, 2.45) is 11.7 Å². The van der Waals surface area contributed by atoms with E-state index in [0.717, 1.165) is 32.5 Å². The van der Waals surface area contributed by atoms with E-state index in [0.29, 0.717) is 0 Å². The molecule has 2 rings (SSSR count). The Morgan fingerprint density at radius 3 is 2.30 bits per heavy atom. The van der Waals surface area contributed by atoms with Crippen LogP contribution in [0.2, 0.25) is 0 Å². The van der Waals surface area contributed by atoms with E-state index in [1.54, 1.807) is 0 Å². The molecule has 4 nitrogen and oxygen atoms in total. The largest absolute Gasteiger partial charge is 0.352 e. The van der Waals surface area contributed by atoms with Gasteiger partial charge in [-0.3, -0.25) is 9.69 Å². The van der Waals surface area contributed by atoms with Gasteiger partial charge in [-0.2, -0.15) is 0 Å². The summed E-state index contributed by atoms with van der Waals surface area (Å²) < 4.78 is 0. The Morgan fingerprint density at radius 1 is 1.22 bits per heavy atom. The van der Waals surface area contributed by atoms with Crippen molar-refractivity contribution in [3.8, 4) is 0 Å². The number of amides is 1. The maximum atomic E-state index is 12.0. The van der Waals surface area contributed by atoms with Gasteiger partial charge < -0.3 is 11.1 Å². The Bertz CT molecular complexity index is 448. The molecule has 1 heterocycles. The van der Waals surface area contributed by atoms with Crippen LogP contribution in [0.3, 0.4) is 0 Å². The fourth-order valence-corrected chi connectivity index (χ4v) is 2.68. The number of nitrogens with zero attached hydrogens (tertiary/aromatic N) is 1. The second-order valence-electron chi connectivity index (χ2n) is 6.31. The lowest BCUT2D eigenvalue weighted by atomic mass is 10.0. The average Bonchev–Trinajstić information content (AvgIpc) is 2.49. The Kier molecular flexibility index (Phi) is 10.5. The highest BCUT2D eigenvalue weighted by Gasteiger charge is 2.24. The molecule has 1 aromatic rings. The number of nitrogens with one attached hydrogen (secondary N) is 1. The minimum atomic E-state index is -0.396. The van der Waals surface area contributed by atoms with Gasteiger partial charge >= 0.3 is 0 Å². The van der Waals surface area contributed by atoms with Crippen molar-refractivity contribution in [3.63, 3.8) is 0 Å². The molecule has 0 aliphatic carbocycles. The van der Waals surface area contributed by atoms with Crippen LogP contribution in [0, 0.1) is 5.92 Å². The minimum absolute atomic E-state index is 0. The van der Waals surface area contributed by atoms with Gasteiger partial charge in [0, 0.05) is 25.7 Å². The SMILES string of the molecule is CC(C)C(N)C(=O)NC1CCN(Cc2ccccc2)CC1.Cl.Cl. The van der Waals surface area contributed by atoms with Gasteiger partial charge in [-0.1, -0.05) is 44.2 Å². The zero-order valence-electron chi connectivity index (χ0n) is 13.9. The fraction of sp³-hybridized carbons (Fsp3) is 0.588. The first-order chi connectivity index (χ1) is 10.1. The maximum absolute atomic E-state index is 12.0. The number of rotatable bonds is 5. The first-order valence-corrected chi connectivity index (χ1v) is 7.88. The molecule has 0 bridgehead atoms. The summed E-state index contributed by atoms with van der Waals surface area (Å²) >= 11 is 0. The molecule has 6 heteroatoms. The number of carbonyl (C=O) groups excluding carboxylic acids is 1. The number of piperidine rings is 1. The van der Waals surface area contributed by atoms with E-state index in [-0.39, 0.29) is 42.7 Å².